The van der Waals surface area contributed by atoms with Crippen molar-refractivity contribution in [3.05, 3.63) is 74.2 Å². The average molecular weight is 422 g/mol. The summed E-state index contributed by atoms with van der Waals surface area (Å²) >= 11 is 0. The molecular weight excluding hydrogens is 403 g/mol. The van der Waals surface area contributed by atoms with E-state index in [0.29, 0.717) is 28.5 Å². The molecule has 4 aromatic rings. The Balaban J connectivity index is 1.84. The molecule has 0 bridgehead atoms. The van der Waals surface area contributed by atoms with E-state index in [0.717, 1.165) is 10.1 Å². The predicted molar refractivity (Wildman–Crippen MR) is 112 cm³/mol. The van der Waals surface area contributed by atoms with Gasteiger partial charge < -0.3 is 14.0 Å². The largest absolute Gasteiger partial charge is 0.454 e. The van der Waals surface area contributed by atoms with E-state index >= 15 is 0 Å². The van der Waals surface area contributed by atoms with Crippen molar-refractivity contribution in [2.45, 2.75) is 13.5 Å². The highest BCUT2D eigenvalue weighted by Crippen LogP contribution is 2.36. The summed E-state index contributed by atoms with van der Waals surface area (Å²) < 4.78 is 29.5. The third-order valence-corrected chi connectivity index (χ3v) is 5.65. The van der Waals surface area contributed by atoms with Gasteiger partial charge in [0, 0.05) is 25.2 Å². The van der Waals surface area contributed by atoms with E-state index in [4.69, 9.17) is 9.47 Å². The zero-order valence-corrected chi connectivity index (χ0v) is 17.2. The Morgan fingerprint density at radius 2 is 1.84 bits per heavy atom. The molecule has 0 saturated carbocycles. The van der Waals surface area contributed by atoms with Gasteiger partial charge in [0.25, 0.3) is 5.56 Å². The Bertz CT molecular complexity index is 1460. The molecular formula is C22H19FN4O4. The molecule has 2 aromatic carbocycles. The first kappa shape index (κ1) is 19.1. The average Bonchev–Trinajstić information content (AvgIpc) is 3.37. The van der Waals surface area contributed by atoms with Gasteiger partial charge in [0.05, 0.1) is 6.54 Å². The normalized spacial score (nSPS) is 12.6. The van der Waals surface area contributed by atoms with Gasteiger partial charge in [0.1, 0.15) is 11.6 Å². The second kappa shape index (κ2) is 6.83. The number of aryl methyl sites for hydroxylation is 2. The molecule has 0 fully saturated rings. The lowest BCUT2D eigenvalue weighted by atomic mass is 10.1. The van der Waals surface area contributed by atoms with Crippen molar-refractivity contribution in [1.82, 2.24) is 18.7 Å². The van der Waals surface area contributed by atoms with E-state index in [1.54, 1.807) is 35.9 Å². The van der Waals surface area contributed by atoms with Crippen LogP contribution in [0.25, 0.3) is 22.6 Å². The molecule has 0 N–H and O–H groups in total. The van der Waals surface area contributed by atoms with Crippen LogP contribution < -0.4 is 20.7 Å². The Morgan fingerprint density at radius 1 is 1.06 bits per heavy atom. The molecule has 0 spiro atoms. The molecule has 8 nitrogen and oxygen atoms in total. The number of hydrogen-bond donors (Lipinski definition) is 0. The van der Waals surface area contributed by atoms with Gasteiger partial charge in [-0.2, -0.15) is 0 Å². The molecule has 0 amide bonds. The maximum absolute atomic E-state index is 14.7. The second-order valence-electron chi connectivity index (χ2n) is 7.50. The third kappa shape index (κ3) is 2.84. The molecule has 9 heteroatoms. The van der Waals surface area contributed by atoms with E-state index in [1.165, 1.54) is 17.7 Å². The van der Waals surface area contributed by atoms with Crippen molar-refractivity contribution in [2.24, 2.45) is 14.1 Å². The molecule has 31 heavy (non-hydrogen) atoms. The van der Waals surface area contributed by atoms with Crippen LogP contribution in [0.2, 0.25) is 0 Å². The van der Waals surface area contributed by atoms with Gasteiger partial charge in [0.15, 0.2) is 22.7 Å². The van der Waals surface area contributed by atoms with Crippen molar-refractivity contribution < 1.29 is 13.9 Å². The SMILES string of the molecule is Cc1cccc(F)c1Cn1c(-c2ccc3c(c2)OCO3)nc2c1c(=O)n(C)c(=O)n2C. The summed E-state index contributed by atoms with van der Waals surface area (Å²) in [7, 11) is 2.97. The van der Waals surface area contributed by atoms with Crippen molar-refractivity contribution in [1.29, 1.82) is 0 Å². The number of hydrogen-bond acceptors (Lipinski definition) is 5. The van der Waals surface area contributed by atoms with E-state index in [1.807, 2.05) is 13.0 Å². The van der Waals surface area contributed by atoms with Crippen LogP contribution >= 0.6 is 0 Å². The second-order valence-corrected chi connectivity index (χ2v) is 7.50. The first-order valence-electron chi connectivity index (χ1n) is 9.67. The Kier molecular flexibility index (Phi) is 4.21. The fourth-order valence-electron chi connectivity index (χ4n) is 3.88. The number of nitrogens with zero attached hydrogens (tertiary/aromatic N) is 4. The van der Waals surface area contributed by atoms with Crippen LogP contribution in [0, 0.1) is 12.7 Å². The van der Waals surface area contributed by atoms with E-state index in [9.17, 15) is 14.0 Å². The van der Waals surface area contributed by atoms with Crippen LogP contribution in [0.15, 0.2) is 46.0 Å². The van der Waals surface area contributed by atoms with Crippen molar-refractivity contribution in [2.75, 3.05) is 6.79 Å². The van der Waals surface area contributed by atoms with Gasteiger partial charge >= 0.3 is 5.69 Å². The van der Waals surface area contributed by atoms with Crippen LogP contribution in [0.1, 0.15) is 11.1 Å². The predicted octanol–water partition coefficient (Wildman–Crippen LogP) is 2.33. The zero-order chi connectivity index (χ0) is 21.9. The standard InChI is InChI=1S/C22H19FN4O4/c1-12-5-4-6-15(23)14(12)10-27-18-20(25(2)22(29)26(3)21(18)28)24-19(27)13-7-8-16-17(9-13)31-11-30-16/h4-9H,10-11H2,1-3H3. The maximum Gasteiger partial charge on any atom is 0.332 e. The number of imidazole rings is 1. The molecule has 0 unspecified atom stereocenters. The maximum atomic E-state index is 14.7. The molecule has 0 aliphatic carbocycles. The molecule has 1 aliphatic heterocycles. The van der Waals surface area contributed by atoms with Crippen molar-refractivity contribution >= 4 is 11.2 Å². The Morgan fingerprint density at radius 3 is 2.61 bits per heavy atom. The van der Waals surface area contributed by atoms with Crippen LogP contribution in [-0.2, 0) is 20.6 Å². The number of rotatable bonds is 3. The number of fused-ring (bicyclic) bond motifs is 2. The summed E-state index contributed by atoms with van der Waals surface area (Å²) in [5.41, 5.74) is 1.33. The van der Waals surface area contributed by atoms with E-state index < -0.39 is 11.2 Å². The third-order valence-electron chi connectivity index (χ3n) is 5.65. The monoisotopic (exact) mass is 422 g/mol. The summed E-state index contributed by atoms with van der Waals surface area (Å²) in [6.07, 6.45) is 0. The highest BCUT2D eigenvalue weighted by molar-refractivity contribution is 5.78. The summed E-state index contributed by atoms with van der Waals surface area (Å²) in [6, 6.07) is 10.1. The zero-order valence-electron chi connectivity index (χ0n) is 17.2. The van der Waals surface area contributed by atoms with E-state index in [-0.39, 0.29) is 30.3 Å². The first-order valence-corrected chi connectivity index (χ1v) is 9.67. The molecule has 3 heterocycles. The van der Waals surface area contributed by atoms with Gasteiger partial charge in [-0.05, 0) is 36.8 Å². The van der Waals surface area contributed by atoms with Crippen molar-refractivity contribution in [3.8, 4) is 22.9 Å². The minimum Gasteiger partial charge on any atom is -0.454 e. The van der Waals surface area contributed by atoms with E-state index in [2.05, 4.69) is 4.98 Å². The van der Waals surface area contributed by atoms with Gasteiger partial charge in [-0.1, -0.05) is 12.1 Å². The molecule has 0 radical (unpaired) electrons. The number of aromatic nitrogens is 4. The highest BCUT2D eigenvalue weighted by Gasteiger charge is 2.23. The molecule has 0 saturated heterocycles. The lowest BCUT2D eigenvalue weighted by molar-refractivity contribution is 0.174. The van der Waals surface area contributed by atoms with Crippen molar-refractivity contribution in [3.63, 3.8) is 0 Å². The molecule has 5 rings (SSSR count). The van der Waals surface area contributed by atoms with Gasteiger partial charge in [-0.25, -0.2) is 14.2 Å². The topological polar surface area (TPSA) is 80.3 Å². The number of halogens is 1. The van der Waals surface area contributed by atoms with Crippen LogP contribution in [0.4, 0.5) is 4.39 Å². The summed E-state index contributed by atoms with van der Waals surface area (Å²) in [5, 5.41) is 0. The van der Waals surface area contributed by atoms with Gasteiger partial charge in [0.2, 0.25) is 6.79 Å². The molecule has 158 valence electrons. The summed E-state index contributed by atoms with van der Waals surface area (Å²) in [4.78, 5) is 30.1. The molecule has 0 atom stereocenters. The fraction of sp³-hybridized carbons (Fsp3) is 0.227. The summed E-state index contributed by atoms with van der Waals surface area (Å²) in [5.74, 6) is 1.22. The minimum absolute atomic E-state index is 0.0756. The minimum atomic E-state index is -0.494. The lowest BCUT2D eigenvalue weighted by Crippen LogP contribution is -2.37. The number of ether oxygens (including phenoxy) is 2. The Hall–Kier alpha value is -3.88. The number of benzene rings is 2. The van der Waals surface area contributed by atoms with Crippen LogP contribution in [-0.4, -0.2) is 25.5 Å². The molecule has 1 aliphatic rings. The molecule has 2 aromatic heterocycles. The lowest BCUT2D eigenvalue weighted by Gasteiger charge is -2.13. The van der Waals surface area contributed by atoms with Crippen LogP contribution in [0.3, 0.4) is 0 Å². The Labute approximate surface area is 175 Å². The summed E-state index contributed by atoms with van der Waals surface area (Å²) in [6.45, 7) is 2.01. The highest BCUT2D eigenvalue weighted by atomic mass is 19.1. The van der Waals surface area contributed by atoms with Crippen LogP contribution in [0.5, 0.6) is 11.5 Å². The smallest absolute Gasteiger partial charge is 0.332 e. The van der Waals surface area contributed by atoms with Gasteiger partial charge in [-0.15, -0.1) is 0 Å². The van der Waals surface area contributed by atoms with Gasteiger partial charge in [-0.3, -0.25) is 13.9 Å². The first-order chi connectivity index (χ1) is 14.9. The quantitative estimate of drug-likeness (QED) is 0.506. The fourth-order valence-corrected chi connectivity index (χ4v) is 3.88.